The normalized spacial score (nSPS) is 15.3. The van der Waals surface area contributed by atoms with E-state index in [0.29, 0.717) is 5.56 Å². The van der Waals surface area contributed by atoms with Crippen LogP contribution in [0.5, 0.6) is 0 Å². The molecule has 4 nitrogen and oxygen atoms in total. The molecule has 0 aliphatic carbocycles. The van der Waals surface area contributed by atoms with Gasteiger partial charge in [-0.25, -0.2) is 0 Å². The minimum atomic E-state index is -1.11. The van der Waals surface area contributed by atoms with E-state index in [9.17, 15) is 10.2 Å². The van der Waals surface area contributed by atoms with Crippen LogP contribution in [0.1, 0.15) is 11.7 Å². The quantitative estimate of drug-likeness (QED) is 0.705. The van der Waals surface area contributed by atoms with Gasteiger partial charge in [0.2, 0.25) is 0 Å². The first-order chi connectivity index (χ1) is 7.20. The lowest BCUT2D eigenvalue weighted by Gasteiger charge is -2.24. The van der Waals surface area contributed by atoms with Gasteiger partial charge < -0.3 is 19.7 Å². The van der Waals surface area contributed by atoms with Crippen LogP contribution in [0, 0.1) is 0 Å². The molecule has 84 valence electrons. The van der Waals surface area contributed by atoms with Crippen molar-refractivity contribution in [1.29, 1.82) is 0 Å². The summed E-state index contributed by atoms with van der Waals surface area (Å²) in [6, 6.07) is 8.89. The third-order valence-corrected chi connectivity index (χ3v) is 2.21. The van der Waals surface area contributed by atoms with Crippen molar-refractivity contribution in [2.75, 3.05) is 14.2 Å². The fraction of sp³-hybridized carbons (Fsp3) is 0.455. The fourth-order valence-corrected chi connectivity index (χ4v) is 1.37. The van der Waals surface area contributed by atoms with Crippen molar-refractivity contribution in [1.82, 2.24) is 0 Å². The van der Waals surface area contributed by atoms with E-state index in [1.54, 1.807) is 24.3 Å². The molecule has 15 heavy (non-hydrogen) atoms. The van der Waals surface area contributed by atoms with E-state index < -0.39 is 18.5 Å². The molecule has 0 amide bonds. The molecular weight excluding hydrogens is 196 g/mol. The molecule has 2 atom stereocenters. The van der Waals surface area contributed by atoms with E-state index in [4.69, 9.17) is 9.47 Å². The Morgan fingerprint density at radius 1 is 1.00 bits per heavy atom. The van der Waals surface area contributed by atoms with Crippen molar-refractivity contribution in [3.8, 4) is 0 Å². The summed E-state index contributed by atoms with van der Waals surface area (Å²) in [5, 5.41) is 19.5. The number of hydrogen-bond acceptors (Lipinski definition) is 4. The molecule has 0 saturated carbocycles. The lowest BCUT2D eigenvalue weighted by atomic mass is 10.0. The highest BCUT2D eigenvalue weighted by molar-refractivity contribution is 5.18. The Bertz CT molecular complexity index is 271. The van der Waals surface area contributed by atoms with Gasteiger partial charge >= 0.3 is 0 Å². The SMILES string of the molecule is COC(OC)[C@H](O)[C@@H](O)c1ccccc1. The summed E-state index contributed by atoms with van der Waals surface area (Å²) in [6.07, 6.45) is -2.96. The highest BCUT2D eigenvalue weighted by atomic mass is 16.7. The first kappa shape index (κ1) is 12.1. The Morgan fingerprint density at radius 2 is 1.53 bits per heavy atom. The molecule has 0 aliphatic rings. The standard InChI is InChI=1S/C11H16O4/c1-14-11(15-2)10(13)9(12)8-6-4-3-5-7-8/h3-7,9-13H,1-2H3/t9-,10+/m0/s1. The van der Waals surface area contributed by atoms with Crippen molar-refractivity contribution < 1.29 is 19.7 Å². The Hall–Kier alpha value is -0.940. The molecule has 2 N–H and O–H groups in total. The Morgan fingerprint density at radius 3 is 2.00 bits per heavy atom. The van der Waals surface area contributed by atoms with Gasteiger partial charge in [0.25, 0.3) is 0 Å². The van der Waals surface area contributed by atoms with Crippen molar-refractivity contribution in [3.63, 3.8) is 0 Å². The fourth-order valence-electron chi connectivity index (χ4n) is 1.37. The maximum atomic E-state index is 9.81. The molecule has 0 fully saturated rings. The zero-order valence-corrected chi connectivity index (χ0v) is 8.83. The lowest BCUT2D eigenvalue weighted by Crippen LogP contribution is -2.35. The highest BCUT2D eigenvalue weighted by Crippen LogP contribution is 2.19. The third kappa shape index (κ3) is 3.00. The number of methoxy groups -OCH3 is 2. The van der Waals surface area contributed by atoms with Crippen molar-refractivity contribution >= 4 is 0 Å². The maximum Gasteiger partial charge on any atom is 0.185 e. The summed E-state index contributed by atoms with van der Waals surface area (Å²) in [7, 11) is 2.82. The van der Waals surface area contributed by atoms with Crippen LogP contribution in [0.15, 0.2) is 30.3 Å². The van der Waals surface area contributed by atoms with E-state index in [1.165, 1.54) is 14.2 Å². The summed E-state index contributed by atoms with van der Waals surface area (Å²) in [5.74, 6) is 0. The monoisotopic (exact) mass is 212 g/mol. The van der Waals surface area contributed by atoms with E-state index in [0.717, 1.165) is 0 Å². The van der Waals surface area contributed by atoms with Gasteiger partial charge in [0, 0.05) is 14.2 Å². The van der Waals surface area contributed by atoms with Crippen molar-refractivity contribution in [2.24, 2.45) is 0 Å². The first-order valence-electron chi connectivity index (χ1n) is 4.67. The largest absolute Gasteiger partial charge is 0.385 e. The number of benzene rings is 1. The maximum absolute atomic E-state index is 9.81. The third-order valence-electron chi connectivity index (χ3n) is 2.21. The van der Waals surface area contributed by atoms with Gasteiger partial charge in [0.15, 0.2) is 6.29 Å². The van der Waals surface area contributed by atoms with Gasteiger partial charge in [0.1, 0.15) is 12.2 Å². The second-order valence-corrected chi connectivity index (χ2v) is 3.19. The number of ether oxygens (including phenoxy) is 2. The molecule has 0 bridgehead atoms. The minimum Gasteiger partial charge on any atom is -0.385 e. The number of aliphatic hydroxyl groups is 2. The van der Waals surface area contributed by atoms with Gasteiger partial charge in [-0.05, 0) is 5.56 Å². The smallest absolute Gasteiger partial charge is 0.185 e. The van der Waals surface area contributed by atoms with Crippen molar-refractivity contribution in [2.45, 2.75) is 18.5 Å². The van der Waals surface area contributed by atoms with Gasteiger partial charge in [-0.2, -0.15) is 0 Å². The summed E-state index contributed by atoms with van der Waals surface area (Å²) in [5.41, 5.74) is 0.629. The Kier molecular flexibility index (Phi) is 4.71. The van der Waals surface area contributed by atoms with Gasteiger partial charge in [-0.1, -0.05) is 30.3 Å². The molecule has 0 spiro atoms. The average molecular weight is 212 g/mol. The van der Waals surface area contributed by atoms with Crippen LogP contribution < -0.4 is 0 Å². The zero-order chi connectivity index (χ0) is 11.3. The molecule has 0 unspecified atom stereocenters. The van der Waals surface area contributed by atoms with Gasteiger partial charge in [0.05, 0.1) is 0 Å². The minimum absolute atomic E-state index is 0.629. The molecular formula is C11H16O4. The molecule has 0 heterocycles. The van der Waals surface area contributed by atoms with E-state index in [1.807, 2.05) is 6.07 Å². The molecule has 1 rings (SSSR count). The molecule has 1 aromatic carbocycles. The van der Waals surface area contributed by atoms with Crippen LogP contribution >= 0.6 is 0 Å². The molecule has 0 saturated heterocycles. The van der Waals surface area contributed by atoms with Gasteiger partial charge in [-0.15, -0.1) is 0 Å². The predicted molar refractivity (Wildman–Crippen MR) is 55.2 cm³/mol. The second kappa shape index (κ2) is 5.82. The average Bonchev–Trinajstić information content (AvgIpc) is 2.30. The summed E-state index contributed by atoms with van der Waals surface area (Å²) in [4.78, 5) is 0. The topological polar surface area (TPSA) is 58.9 Å². The summed E-state index contributed by atoms with van der Waals surface area (Å²) < 4.78 is 9.74. The van der Waals surface area contributed by atoms with E-state index in [-0.39, 0.29) is 0 Å². The first-order valence-corrected chi connectivity index (χ1v) is 4.67. The molecule has 0 aliphatic heterocycles. The Labute approximate surface area is 89.1 Å². The van der Waals surface area contributed by atoms with Crippen LogP contribution in [0.4, 0.5) is 0 Å². The highest BCUT2D eigenvalue weighted by Gasteiger charge is 2.27. The van der Waals surface area contributed by atoms with Gasteiger partial charge in [-0.3, -0.25) is 0 Å². The number of aliphatic hydroxyl groups excluding tert-OH is 2. The predicted octanol–water partition coefficient (Wildman–Crippen LogP) is 0.700. The molecule has 0 aromatic heterocycles. The van der Waals surface area contributed by atoms with Crippen molar-refractivity contribution in [3.05, 3.63) is 35.9 Å². The summed E-state index contributed by atoms with van der Waals surface area (Å²) in [6.45, 7) is 0. The van der Waals surface area contributed by atoms with Crippen LogP contribution in [0.25, 0.3) is 0 Å². The van der Waals surface area contributed by atoms with Crippen LogP contribution in [-0.2, 0) is 9.47 Å². The second-order valence-electron chi connectivity index (χ2n) is 3.19. The molecule has 4 heteroatoms. The number of rotatable bonds is 5. The van der Waals surface area contributed by atoms with E-state index in [2.05, 4.69) is 0 Å². The molecule has 1 aromatic rings. The van der Waals surface area contributed by atoms with Crippen LogP contribution in [0.2, 0.25) is 0 Å². The number of hydrogen-bond donors (Lipinski definition) is 2. The zero-order valence-electron chi connectivity index (χ0n) is 8.83. The summed E-state index contributed by atoms with van der Waals surface area (Å²) >= 11 is 0. The van der Waals surface area contributed by atoms with Crippen LogP contribution in [-0.4, -0.2) is 36.8 Å². The lowest BCUT2D eigenvalue weighted by molar-refractivity contribution is -0.191. The Balaban J connectivity index is 2.71. The van der Waals surface area contributed by atoms with E-state index >= 15 is 0 Å². The molecule has 0 radical (unpaired) electrons. The van der Waals surface area contributed by atoms with Crippen LogP contribution in [0.3, 0.4) is 0 Å².